The standard InChI is InChI=1S/C22H19N3O2S/c1-27-18-11-9-16(10-12-18)21-20(22(26)23-14-19-8-5-13-28-19)15-25(24-21)17-6-3-2-4-7-17/h2-13,15H,14H2,1H3,(H,23,26). The molecule has 5 nitrogen and oxygen atoms in total. The normalized spacial score (nSPS) is 10.6. The number of para-hydroxylation sites is 1. The first-order valence-electron chi connectivity index (χ1n) is 8.84. The molecule has 4 rings (SSSR count). The molecule has 0 saturated heterocycles. The number of rotatable bonds is 6. The summed E-state index contributed by atoms with van der Waals surface area (Å²) in [5.41, 5.74) is 2.92. The average molecular weight is 389 g/mol. The predicted octanol–water partition coefficient (Wildman–Crippen LogP) is 4.54. The summed E-state index contributed by atoms with van der Waals surface area (Å²) in [7, 11) is 1.63. The molecule has 0 radical (unpaired) electrons. The van der Waals surface area contributed by atoms with E-state index in [2.05, 4.69) is 10.4 Å². The summed E-state index contributed by atoms with van der Waals surface area (Å²) in [5.74, 6) is 0.608. The number of carbonyl (C=O) groups is 1. The Balaban J connectivity index is 1.69. The summed E-state index contributed by atoms with van der Waals surface area (Å²) in [6, 6.07) is 21.3. The van der Waals surface area contributed by atoms with Crippen LogP contribution in [0.1, 0.15) is 15.2 Å². The van der Waals surface area contributed by atoms with E-state index in [-0.39, 0.29) is 5.91 Å². The summed E-state index contributed by atoms with van der Waals surface area (Å²) >= 11 is 1.62. The van der Waals surface area contributed by atoms with Crippen LogP contribution in [0.15, 0.2) is 78.3 Å². The van der Waals surface area contributed by atoms with Crippen molar-refractivity contribution in [1.29, 1.82) is 0 Å². The zero-order chi connectivity index (χ0) is 19.3. The molecule has 0 aliphatic carbocycles. The highest BCUT2D eigenvalue weighted by Gasteiger charge is 2.18. The van der Waals surface area contributed by atoms with Crippen molar-refractivity contribution >= 4 is 17.2 Å². The number of aromatic nitrogens is 2. The third-order valence-corrected chi connectivity index (χ3v) is 5.22. The molecule has 0 bridgehead atoms. The van der Waals surface area contributed by atoms with Crippen LogP contribution in [-0.2, 0) is 6.54 Å². The lowest BCUT2D eigenvalue weighted by molar-refractivity contribution is 0.0952. The van der Waals surface area contributed by atoms with Crippen molar-refractivity contribution < 1.29 is 9.53 Å². The second kappa shape index (κ2) is 8.10. The highest BCUT2D eigenvalue weighted by Crippen LogP contribution is 2.26. The highest BCUT2D eigenvalue weighted by molar-refractivity contribution is 7.09. The maximum Gasteiger partial charge on any atom is 0.255 e. The Morgan fingerprint density at radius 3 is 2.54 bits per heavy atom. The minimum atomic E-state index is -0.151. The Morgan fingerprint density at radius 2 is 1.86 bits per heavy atom. The van der Waals surface area contributed by atoms with Crippen molar-refractivity contribution in [3.05, 3.63) is 88.7 Å². The molecule has 0 atom stereocenters. The van der Waals surface area contributed by atoms with Gasteiger partial charge in [0.25, 0.3) is 5.91 Å². The van der Waals surface area contributed by atoms with Gasteiger partial charge < -0.3 is 10.1 Å². The number of amides is 1. The number of carbonyl (C=O) groups excluding carboxylic acids is 1. The van der Waals surface area contributed by atoms with E-state index in [9.17, 15) is 4.79 Å². The van der Waals surface area contributed by atoms with Gasteiger partial charge >= 0.3 is 0 Å². The van der Waals surface area contributed by atoms with E-state index in [0.717, 1.165) is 21.9 Å². The number of benzene rings is 2. The lowest BCUT2D eigenvalue weighted by Crippen LogP contribution is -2.22. The van der Waals surface area contributed by atoms with Crippen molar-refractivity contribution in [3.63, 3.8) is 0 Å². The minimum absolute atomic E-state index is 0.151. The number of hydrogen-bond acceptors (Lipinski definition) is 4. The molecule has 0 fully saturated rings. The first kappa shape index (κ1) is 18.0. The van der Waals surface area contributed by atoms with Gasteiger partial charge in [0, 0.05) is 16.6 Å². The van der Waals surface area contributed by atoms with Gasteiger partial charge in [0.05, 0.1) is 24.9 Å². The number of ether oxygens (including phenoxy) is 1. The Hall–Kier alpha value is -3.38. The van der Waals surface area contributed by atoms with E-state index in [1.165, 1.54) is 0 Å². The molecule has 0 aliphatic rings. The molecule has 1 amide bonds. The number of hydrogen-bond donors (Lipinski definition) is 1. The number of thiophene rings is 1. The lowest BCUT2D eigenvalue weighted by Gasteiger charge is -2.05. The van der Waals surface area contributed by atoms with Crippen molar-refractivity contribution in [1.82, 2.24) is 15.1 Å². The lowest BCUT2D eigenvalue weighted by atomic mass is 10.1. The van der Waals surface area contributed by atoms with Crippen molar-refractivity contribution in [2.24, 2.45) is 0 Å². The molecule has 6 heteroatoms. The fourth-order valence-corrected chi connectivity index (χ4v) is 3.54. The molecule has 2 heterocycles. The average Bonchev–Trinajstić information content (AvgIpc) is 3.43. The van der Waals surface area contributed by atoms with Crippen LogP contribution in [0.4, 0.5) is 0 Å². The Kier molecular flexibility index (Phi) is 5.21. The second-order valence-corrected chi connectivity index (χ2v) is 7.19. The van der Waals surface area contributed by atoms with Crippen molar-refractivity contribution in [3.8, 4) is 22.7 Å². The van der Waals surface area contributed by atoms with Crippen molar-refractivity contribution in [2.45, 2.75) is 6.54 Å². The first-order valence-corrected chi connectivity index (χ1v) is 9.72. The van der Waals surface area contributed by atoms with Gasteiger partial charge in [-0.1, -0.05) is 24.3 Å². The zero-order valence-electron chi connectivity index (χ0n) is 15.3. The van der Waals surface area contributed by atoms with Crippen molar-refractivity contribution in [2.75, 3.05) is 7.11 Å². The minimum Gasteiger partial charge on any atom is -0.497 e. The first-order chi connectivity index (χ1) is 13.7. The molecule has 0 spiro atoms. The number of nitrogens with zero attached hydrogens (tertiary/aromatic N) is 2. The fourth-order valence-electron chi connectivity index (χ4n) is 2.89. The van der Waals surface area contributed by atoms with E-state index in [0.29, 0.717) is 17.8 Å². The molecule has 0 aliphatic heterocycles. The maximum atomic E-state index is 12.9. The van der Waals surface area contributed by atoms with Gasteiger partial charge in [-0.05, 0) is 47.8 Å². The molecule has 140 valence electrons. The molecule has 28 heavy (non-hydrogen) atoms. The quantitative estimate of drug-likeness (QED) is 0.527. The molecule has 1 N–H and O–H groups in total. The Morgan fingerprint density at radius 1 is 1.07 bits per heavy atom. The SMILES string of the molecule is COc1ccc(-c2nn(-c3ccccc3)cc2C(=O)NCc2cccs2)cc1. The second-order valence-electron chi connectivity index (χ2n) is 6.16. The molecular formula is C22H19N3O2S. The topological polar surface area (TPSA) is 56.2 Å². The van der Waals surface area contributed by atoms with Crippen LogP contribution in [-0.4, -0.2) is 22.8 Å². The van der Waals surface area contributed by atoms with E-state index in [4.69, 9.17) is 4.74 Å². The molecule has 2 aromatic carbocycles. The van der Waals surface area contributed by atoms with Gasteiger partial charge in [-0.2, -0.15) is 5.10 Å². The molecule has 2 aromatic heterocycles. The molecule has 4 aromatic rings. The number of methoxy groups -OCH3 is 1. The monoisotopic (exact) mass is 389 g/mol. The van der Waals surface area contributed by atoms with E-state index in [1.807, 2.05) is 72.1 Å². The van der Waals surface area contributed by atoms with Crippen LogP contribution in [0.5, 0.6) is 5.75 Å². The van der Waals surface area contributed by atoms with Crippen LogP contribution < -0.4 is 10.1 Å². The zero-order valence-corrected chi connectivity index (χ0v) is 16.1. The summed E-state index contributed by atoms with van der Waals surface area (Å²) in [6.45, 7) is 0.495. The third-order valence-electron chi connectivity index (χ3n) is 4.35. The van der Waals surface area contributed by atoms with Crippen LogP contribution >= 0.6 is 11.3 Å². The summed E-state index contributed by atoms with van der Waals surface area (Å²) in [6.07, 6.45) is 1.78. The number of nitrogens with one attached hydrogen (secondary N) is 1. The van der Waals surface area contributed by atoms with Gasteiger partial charge in [-0.3, -0.25) is 4.79 Å². The van der Waals surface area contributed by atoms with Gasteiger partial charge in [-0.25, -0.2) is 4.68 Å². The molecule has 0 saturated carbocycles. The highest BCUT2D eigenvalue weighted by atomic mass is 32.1. The van der Waals surface area contributed by atoms with Crippen LogP contribution in [0, 0.1) is 0 Å². The summed E-state index contributed by atoms with van der Waals surface area (Å²) in [4.78, 5) is 14.0. The van der Waals surface area contributed by atoms with E-state index < -0.39 is 0 Å². The van der Waals surface area contributed by atoms with Gasteiger partial charge in [-0.15, -0.1) is 11.3 Å². The third kappa shape index (κ3) is 3.82. The fraction of sp³-hybridized carbons (Fsp3) is 0.0909. The van der Waals surface area contributed by atoms with Gasteiger partial charge in [0.2, 0.25) is 0 Å². The van der Waals surface area contributed by atoms with Gasteiger partial charge in [0.15, 0.2) is 0 Å². The Bertz CT molecular complexity index is 1060. The molecule has 0 unspecified atom stereocenters. The largest absolute Gasteiger partial charge is 0.497 e. The summed E-state index contributed by atoms with van der Waals surface area (Å²) < 4.78 is 6.97. The predicted molar refractivity (Wildman–Crippen MR) is 111 cm³/mol. The van der Waals surface area contributed by atoms with Gasteiger partial charge in [0.1, 0.15) is 11.4 Å². The van der Waals surface area contributed by atoms with E-state index in [1.54, 1.807) is 29.3 Å². The summed E-state index contributed by atoms with van der Waals surface area (Å²) in [5, 5.41) is 9.68. The smallest absolute Gasteiger partial charge is 0.255 e. The Labute approximate surface area is 167 Å². The molecular weight excluding hydrogens is 370 g/mol. The van der Waals surface area contributed by atoms with Crippen LogP contribution in [0.25, 0.3) is 16.9 Å². The van der Waals surface area contributed by atoms with Crippen LogP contribution in [0.2, 0.25) is 0 Å². The van der Waals surface area contributed by atoms with E-state index >= 15 is 0 Å². The maximum absolute atomic E-state index is 12.9. The van der Waals surface area contributed by atoms with Crippen LogP contribution in [0.3, 0.4) is 0 Å².